The van der Waals surface area contributed by atoms with Crippen LogP contribution in [0.2, 0.25) is 0 Å². The molecule has 0 aromatic heterocycles. The molecule has 0 saturated carbocycles. The van der Waals surface area contributed by atoms with Gasteiger partial charge >= 0.3 is 18.0 Å². The topological polar surface area (TPSA) is 99.2 Å². The zero-order valence-electron chi connectivity index (χ0n) is 18.0. The second-order valence-corrected chi connectivity index (χ2v) is 8.90. The van der Waals surface area contributed by atoms with Crippen molar-refractivity contribution >= 4 is 23.8 Å². The number of carbonyl (C=O) groups excluding carboxylic acids is 4. The third-order valence-electron chi connectivity index (χ3n) is 3.97. The Balaban J connectivity index is 2.96. The summed E-state index contributed by atoms with van der Waals surface area (Å²) >= 11 is 0. The third kappa shape index (κ3) is 7.86. The van der Waals surface area contributed by atoms with Gasteiger partial charge in [-0.1, -0.05) is 0 Å². The summed E-state index contributed by atoms with van der Waals surface area (Å²) in [5.74, 6) is -1.99. The Hall–Kier alpha value is -2.12. The summed E-state index contributed by atoms with van der Waals surface area (Å²) in [6.07, 6.45) is -0.399. The SMILES string of the molecule is CCOC(=O)CC(=O)[C@H]1CCC(C(=O)OC(C)(C)C)N(C(=O)OC(C)(C)C)C1. The van der Waals surface area contributed by atoms with Crippen molar-refractivity contribution in [2.75, 3.05) is 13.2 Å². The van der Waals surface area contributed by atoms with Crippen LogP contribution in [0.25, 0.3) is 0 Å². The fourth-order valence-electron chi connectivity index (χ4n) is 2.87. The lowest BCUT2D eigenvalue weighted by Crippen LogP contribution is -2.54. The first kappa shape index (κ1) is 23.9. The number of amides is 1. The average molecular weight is 399 g/mol. The van der Waals surface area contributed by atoms with E-state index in [2.05, 4.69) is 0 Å². The Morgan fingerprint density at radius 3 is 2.00 bits per heavy atom. The highest BCUT2D eigenvalue weighted by Gasteiger charge is 2.42. The van der Waals surface area contributed by atoms with Crippen molar-refractivity contribution in [3.05, 3.63) is 0 Å². The van der Waals surface area contributed by atoms with Crippen molar-refractivity contribution in [1.82, 2.24) is 4.90 Å². The molecule has 2 atom stereocenters. The summed E-state index contributed by atoms with van der Waals surface area (Å²) in [7, 11) is 0. The Morgan fingerprint density at radius 2 is 1.50 bits per heavy atom. The van der Waals surface area contributed by atoms with Crippen LogP contribution >= 0.6 is 0 Å². The number of piperidine rings is 1. The summed E-state index contributed by atoms with van der Waals surface area (Å²) in [5, 5.41) is 0. The zero-order valence-corrected chi connectivity index (χ0v) is 18.0. The number of Topliss-reactive ketones (excluding diaryl/α,β-unsaturated/α-hetero) is 1. The molecule has 1 saturated heterocycles. The first-order valence-electron chi connectivity index (χ1n) is 9.64. The highest BCUT2D eigenvalue weighted by Crippen LogP contribution is 2.27. The van der Waals surface area contributed by atoms with Gasteiger partial charge in [-0.25, -0.2) is 9.59 Å². The maximum atomic E-state index is 12.7. The van der Waals surface area contributed by atoms with Crippen LogP contribution < -0.4 is 0 Å². The lowest BCUT2D eigenvalue weighted by Gasteiger charge is -2.39. The highest BCUT2D eigenvalue weighted by molar-refractivity contribution is 5.97. The molecular weight excluding hydrogens is 366 g/mol. The molecular formula is C20H33NO7. The second-order valence-electron chi connectivity index (χ2n) is 8.90. The summed E-state index contributed by atoms with van der Waals surface area (Å²) in [6, 6.07) is -0.833. The van der Waals surface area contributed by atoms with Crippen LogP contribution in [0.3, 0.4) is 0 Å². The van der Waals surface area contributed by atoms with Crippen LogP contribution in [0, 0.1) is 5.92 Å². The van der Waals surface area contributed by atoms with Crippen LogP contribution in [-0.2, 0) is 28.6 Å². The summed E-state index contributed by atoms with van der Waals surface area (Å²) in [4.78, 5) is 50.6. The molecule has 1 amide bonds. The van der Waals surface area contributed by atoms with E-state index in [0.29, 0.717) is 6.42 Å². The van der Waals surface area contributed by atoms with E-state index in [9.17, 15) is 19.2 Å². The second kappa shape index (κ2) is 9.39. The largest absolute Gasteiger partial charge is 0.466 e. The molecule has 1 rings (SSSR count). The van der Waals surface area contributed by atoms with E-state index >= 15 is 0 Å². The molecule has 8 nitrogen and oxygen atoms in total. The third-order valence-corrected chi connectivity index (χ3v) is 3.97. The number of nitrogens with zero attached hydrogens (tertiary/aromatic N) is 1. The Morgan fingerprint density at radius 1 is 0.929 bits per heavy atom. The summed E-state index contributed by atoms with van der Waals surface area (Å²) in [6.45, 7) is 12.3. The molecule has 1 heterocycles. The van der Waals surface area contributed by atoms with Gasteiger partial charge in [-0.3, -0.25) is 14.5 Å². The predicted molar refractivity (Wildman–Crippen MR) is 102 cm³/mol. The minimum absolute atomic E-state index is 0.00292. The van der Waals surface area contributed by atoms with Gasteiger partial charge in [-0.15, -0.1) is 0 Å². The molecule has 0 aromatic carbocycles. The predicted octanol–water partition coefficient (Wildman–Crippen LogP) is 2.87. The van der Waals surface area contributed by atoms with Gasteiger partial charge in [-0.05, 0) is 61.3 Å². The van der Waals surface area contributed by atoms with Gasteiger partial charge < -0.3 is 14.2 Å². The quantitative estimate of drug-likeness (QED) is 0.398. The van der Waals surface area contributed by atoms with Crippen molar-refractivity contribution in [1.29, 1.82) is 0 Å². The zero-order chi connectivity index (χ0) is 21.7. The number of ketones is 1. The first-order chi connectivity index (χ1) is 12.7. The number of carbonyl (C=O) groups is 4. The van der Waals surface area contributed by atoms with E-state index in [-0.39, 0.29) is 31.8 Å². The molecule has 1 fully saturated rings. The minimum Gasteiger partial charge on any atom is -0.466 e. The monoisotopic (exact) mass is 399 g/mol. The van der Waals surface area contributed by atoms with Crippen molar-refractivity contribution in [2.45, 2.75) is 85.0 Å². The number of rotatable bonds is 5. The van der Waals surface area contributed by atoms with Crippen LogP contribution in [0.5, 0.6) is 0 Å². The van der Waals surface area contributed by atoms with E-state index in [1.54, 1.807) is 48.5 Å². The molecule has 0 bridgehead atoms. The molecule has 0 radical (unpaired) electrons. The van der Waals surface area contributed by atoms with Gasteiger partial charge in [0.2, 0.25) is 0 Å². The van der Waals surface area contributed by atoms with Gasteiger partial charge in [-0.2, -0.15) is 0 Å². The normalized spacial score (nSPS) is 20.3. The van der Waals surface area contributed by atoms with Crippen LogP contribution in [-0.4, -0.2) is 59.1 Å². The molecule has 1 aliphatic rings. The molecule has 0 aliphatic carbocycles. The maximum Gasteiger partial charge on any atom is 0.411 e. The molecule has 160 valence electrons. The van der Waals surface area contributed by atoms with Gasteiger partial charge in [0.25, 0.3) is 0 Å². The first-order valence-corrected chi connectivity index (χ1v) is 9.64. The number of esters is 2. The van der Waals surface area contributed by atoms with Crippen molar-refractivity contribution in [2.24, 2.45) is 5.92 Å². The summed E-state index contributed by atoms with van der Waals surface area (Å²) < 4.78 is 15.7. The fraction of sp³-hybridized carbons (Fsp3) is 0.800. The van der Waals surface area contributed by atoms with E-state index < -0.39 is 41.2 Å². The molecule has 8 heteroatoms. The lowest BCUT2D eigenvalue weighted by atomic mass is 9.88. The van der Waals surface area contributed by atoms with Gasteiger partial charge in [0.05, 0.1) is 6.61 Å². The van der Waals surface area contributed by atoms with Gasteiger partial charge in [0.15, 0.2) is 0 Å². The molecule has 1 aliphatic heterocycles. The standard InChI is InChI=1S/C20H33NO7/c1-8-26-16(23)11-15(22)13-9-10-14(17(24)27-19(2,3)4)21(12-13)18(25)28-20(5,6)7/h13-14H,8-12H2,1-7H3/t13-,14?/m0/s1. The highest BCUT2D eigenvalue weighted by atomic mass is 16.6. The molecule has 0 spiro atoms. The molecule has 0 N–H and O–H groups in total. The number of hydrogen-bond donors (Lipinski definition) is 0. The summed E-state index contributed by atoms with van der Waals surface area (Å²) in [5.41, 5.74) is -1.45. The van der Waals surface area contributed by atoms with E-state index in [4.69, 9.17) is 14.2 Å². The maximum absolute atomic E-state index is 12.7. The van der Waals surface area contributed by atoms with E-state index in [1.807, 2.05) is 0 Å². The smallest absolute Gasteiger partial charge is 0.411 e. The Kier molecular flexibility index (Phi) is 8.02. The average Bonchev–Trinajstić information content (AvgIpc) is 2.51. The number of ether oxygens (including phenoxy) is 3. The molecule has 28 heavy (non-hydrogen) atoms. The Labute approximate surface area is 166 Å². The minimum atomic E-state index is -0.833. The molecule has 0 aromatic rings. The van der Waals surface area contributed by atoms with Crippen LogP contribution in [0.1, 0.15) is 67.7 Å². The lowest BCUT2D eigenvalue weighted by molar-refractivity contribution is -0.164. The van der Waals surface area contributed by atoms with Crippen molar-refractivity contribution in [3.8, 4) is 0 Å². The molecule has 1 unspecified atom stereocenters. The van der Waals surface area contributed by atoms with E-state index in [0.717, 1.165) is 0 Å². The van der Waals surface area contributed by atoms with Crippen molar-refractivity contribution in [3.63, 3.8) is 0 Å². The fourth-order valence-corrected chi connectivity index (χ4v) is 2.87. The van der Waals surface area contributed by atoms with Gasteiger partial charge in [0.1, 0.15) is 29.4 Å². The van der Waals surface area contributed by atoms with Gasteiger partial charge in [0, 0.05) is 12.5 Å². The van der Waals surface area contributed by atoms with Crippen LogP contribution in [0.4, 0.5) is 4.79 Å². The number of likely N-dealkylation sites (tertiary alicyclic amines) is 1. The van der Waals surface area contributed by atoms with E-state index in [1.165, 1.54) is 4.90 Å². The van der Waals surface area contributed by atoms with Crippen LogP contribution in [0.15, 0.2) is 0 Å². The Bertz CT molecular complexity index is 601. The number of hydrogen-bond acceptors (Lipinski definition) is 7. The van der Waals surface area contributed by atoms with Crippen molar-refractivity contribution < 1.29 is 33.4 Å².